The molecule has 5 heteroatoms. The maximum absolute atomic E-state index is 4.57. The molecule has 4 nitrogen and oxygen atoms in total. The number of aromatic nitrogens is 4. The van der Waals surface area contributed by atoms with Crippen molar-refractivity contribution in [2.75, 3.05) is 0 Å². The lowest BCUT2D eigenvalue weighted by Gasteiger charge is -2.02. The summed E-state index contributed by atoms with van der Waals surface area (Å²) >= 11 is 3.44. The predicted octanol–water partition coefficient (Wildman–Crippen LogP) is 3.47. The fourth-order valence-corrected chi connectivity index (χ4v) is 2.22. The molecule has 0 aliphatic rings. The predicted molar refractivity (Wildman–Crippen MR) is 75.2 cm³/mol. The SMILES string of the molecule is CCCc1nc(Br)cc(-c2cnn(CCC)c2)n1. The highest BCUT2D eigenvalue weighted by molar-refractivity contribution is 9.10. The average Bonchev–Trinajstić information content (AvgIpc) is 2.78. The van der Waals surface area contributed by atoms with Crippen molar-refractivity contribution in [3.8, 4) is 11.3 Å². The maximum atomic E-state index is 4.57. The van der Waals surface area contributed by atoms with Crippen molar-refractivity contribution in [3.63, 3.8) is 0 Å². The van der Waals surface area contributed by atoms with Gasteiger partial charge < -0.3 is 0 Å². The van der Waals surface area contributed by atoms with Gasteiger partial charge in [-0.05, 0) is 34.8 Å². The van der Waals surface area contributed by atoms with E-state index in [1.54, 1.807) is 0 Å². The number of rotatable bonds is 5. The van der Waals surface area contributed by atoms with E-state index in [1.807, 2.05) is 23.1 Å². The summed E-state index contributed by atoms with van der Waals surface area (Å²) < 4.78 is 2.78. The molecular formula is C13H17BrN4. The van der Waals surface area contributed by atoms with E-state index in [0.29, 0.717) is 0 Å². The van der Waals surface area contributed by atoms with Crippen molar-refractivity contribution >= 4 is 15.9 Å². The number of aryl methyl sites for hydroxylation is 2. The van der Waals surface area contributed by atoms with Crippen LogP contribution in [0.1, 0.15) is 32.5 Å². The summed E-state index contributed by atoms with van der Waals surface area (Å²) in [6.45, 7) is 5.21. The van der Waals surface area contributed by atoms with E-state index >= 15 is 0 Å². The Hall–Kier alpha value is -1.23. The fourth-order valence-electron chi connectivity index (χ4n) is 1.80. The van der Waals surface area contributed by atoms with Crippen LogP contribution in [0.4, 0.5) is 0 Å². The van der Waals surface area contributed by atoms with Crippen LogP contribution < -0.4 is 0 Å². The van der Waals surface area contributed by atoms with Gasteiger partial charge >= 0.3 is 0 Å². The topological polar surface area (TPSA) is 43.6 Å². The first-order valence-electron chi connectivity index (χ1n) is 6.29. The van der Waals surface area contributed by atoms with Gasteiger partial charge in [-0.2, -0.15) is 5.10 Å². The molecule has 0 fully saturated rings. The number of halogens is 1. The van der Waals surface area contributed by atoms with E-state index in [1.165, 1.54) is 0 Å². The van der Waals surface area contributed by atoms with Gasteiger partial charge in [0.25, 0.3) is 0 Å². The summed E-state index contributed by atoms with van der Waals surface area (Å²) in [6.07, 6.45) is 6.92. The van der Waals surface area contributed by atoms with Crippen molar-refractivity contribution in [3.05, 3.63) is 28.9 Å². The molecule has 0 bridgehead atoms. The molecule has 2 aromatic rings. The number of nitrogens with zero attached hydrogens (tertiary/aromatic N) is 4. The molecule has 0 saturated carbocycles. The zero-order valence-corrected chi connectivity index (χ0v) is 12.3. The summed E-state index contributed by atoms with van der Waals surface area (Å²) in [5.74, 6) is 0.880. The standard InChI is InChI=1S/C13H17BrN4/c1-3-5-13-16-11(7-12(14)17-13)10-8-15-18(9-10)6-4-2/h7-9H,3-6H2,1-2H3. The zero-order valence-electron chi connectivity index (χ0n) is 10.7. The van der Waals surface area contributed by atoms with Gasteiger partial charge in [0.1, 0.15) is 10.4 Å². The van der Waals surface area contributed by atoms with Crippen molar-refractivity contribution in [1.82, 2.24) is 19.7 Å². The minimum absolute atomic E-state index is 0.833. The summed E-state index contributed by atoms with van der Waals surface area (Å²) in [6, 6.07) is 1.94. The fraction of sp³-hybridized carbons (Fsp3) is 0.462. The monoisotopic (exact) mass is 308 g/mol. The minimum atomic E-state index is 0.833. The quantitative estimate of drug-likeness (QED) is 0.794. The Morgan fingerprint density at radius 3 is 2.78 bits per heavy atom. The molecule has 18 heavy (non-hydrogen) atoms. The van der Waals surface area contributed by atoms with Crippen LogP contribution in [-0.2, 0) is 13.0 Å². The first-order chi connectivity index (χ1) is 8.72. The molecule has 0 radical (unpaired) electrons. The molecule has 0 N–H and O–H groups in total. The molecule has 0 saturated heterocycles. The third kappa shape index (κ3) is 3.16. The lowest BCUT2D eigenvalue weighted by molar-refractivity contribution is 0.603. The molecule has 0 aliphatic heterocycles. The largest absolute Gasteiger partial charge is 0.272 e. The second kappa shape index (κ2) is 6.09. The lowest BCUT2D eigenvalue weighted by atomic mass is 10.2. The van der Waals surface area contributed by atoms with Crippen LogP contribution in [0, 0.1) is 0 Å². The smallest absolute Gasteiger partial charge is 0.130 e. The van der Waals surface area contributed by atoms with E-state index < -0.39 is 0 Å². The molecule has 0 unspecified atom stereocenters. The molecule has 0 atom stereocenters. The van der Waals surface area contributed by atoms with E-state index in [4.69, 9.17) is 0 Å². The second-order valence-electron chi connectivity index (χ2n) is 4.23. The highest BCUT2D eigenvalue weighted by atomic mass is 79.9. The Labute approximate surface area is 116 Å². The second-order valence-corrected chi connectivity index (χ2v) is 5.05. The van der Waals surface area contributed by atoms with Crippen LogP contribution in [0.15, 0.2) is 23.1 Å². The summed E-state index contributed by atoms with van der Waals surface area (Å²) in [5.41, 5.74) is 1.98. The van der Waals surface area contributed by atoms with Crippen molar-refractivity contribution in [2.24, 2.45) is 0 Å². The molecule has 2 rings (SSSR count). The molecule has 0 amide bonds. The summed E-state index contributed by atoms with van der Waals surface area (Å²) in [4.78, 5) is 8.94. The summed E-state index contributed by atoms with van der Waals surface area (Å²) in [5, 5.41) is 4.33. The van der Waals surface area contributed by atoms with E-state index in [2.05, 4.69) is 44.8 Å². The minimum Gasteiger partial charge on any atom is -0.272 e. The Morgan fingerprint density at radius 1 is 1.22 bits per heavy atom. The van der Waals surface area contributed by atoms with Gasteiger partial charge in [0.15, 0.2) is 0 Å². The van der Waals surface area contributed by atoms with Gasteiger partial charge in [-0.25, -0.2) is 9.97 Å². The molecule has 0 aromatic carbocycles. The Morgan fingerprint density at radius 2 is 2.06 bits per heavy atom. The van der Waals surface area contributed by atoms with Crippen molar-refractivity contribution in [1.29, 1.82) is 0 Å². The van der Waals surface area contributed by atoms with Gasteiger partial charge in [-0.15, -0.1) is 0 Å². The molecular weight excluding hydrogens is 292 g/mol. The number of hydrogen-bond donors (Lipinski definition) is 0. The van der Waals surface area contributed by atoms with Crippen LogP contribution >= 0.6 is 15.9 Å². The maximum Gasteiger partial charge on any atom is 0.130 e. The highest BCUT2D eigenvalue weighted by Crippen LogP contribution is 2.20. The Balaban J connectivity index is 2.30. The van der Waals surface area contributed by atoms with Crippen LogP contribution in [-0.4, -0.2) is 19.7 Å². The lowest BCUT2D eigenvalue weighted by Crippen LogP contribution is -1.97. The zero-order chi connectivity index (χ0) is 13.0. The normalized spacial score (nSPS) is 10.8. The third-order valence-corrected chi connectivity index (χ3v) is 3.00. The van der Waals surface area contributed by atoms with Crippen LogP contribution in [0.5, 0.6) is 0 Å². The van der Waals surface area contributed by atoms with E-state index in [9.17, 15) is 0 Å². The van der Waals surface area contributed by atoms with Crippen LogP contribution in [0.2, 0.25) is 0 Å². The van der Waals surface area contributed by atoms with Crippen molar-refractivity contribution < 1.29 is 0 Å². The molecule has 0 spiro atoms. The van der Waals surface area contributed by atoms with Gasteiger partial charge in [-0.3, -0.25) is 4.68 Å². The molecule has 2 heterocycles. The van der Waals surface area contributed by atoms with Gasteiger partial charge in [0.2, 0.25) is 0 Å². The van der Waals surface area contributed by atoms with Crippen molar-refractivity contribution in [2.45, 2.75) is 39.7 Å². The van der Waals surface area contributed by atoms with Gasteiger partial charge in [-0.1, -0.05) is 13.8 Å². The average molecular weight is 309 g/mol. The first-order valence-corrected chi connectivity index (χ1v) is 7.08. The highest BCUT2D eigenvalue weighted by Gasteiger charge is 2.07. The molecule has 2 aromatic heterocycles. The van der Waals surface area contributed by atoms with E-state index in [0.717, 1.165) is 47.5 Å². The molecule has 0 aliphatic carbocycles. The third-order valence-electron chi connectivity index (χ3n) is 2.60. The summed E-state index contributed by atoms with van der Waals surface area (Å²) in [7, 11) is 0. The Kier molecular flexibility index (Phi) is 4.47. The van der Waals surface area contributed by atoms with Crippen LogP contribution in [0.25, 0.3) is 11.3 Å². The van der Waals surface area contributed by atoms with Gasteiger partial charge in [0, 0.05) is 24.7 Å². The van der Waals surface area contributed by atoms with Gasteiger partial charge in [0.05, 0.1) is 11.9 Å². The number of hydrogen-bond acceptors (Lipinski definition) is 3. The van der Waals surface area contributed by atoms with E-state index in [-0.39, 0.29) is 0 Å². The molecule has 96 valence electrons. The van der Waals surface area contributed by atoms with Crippen LogP contribution in [0.3, 0.4) is 0 Å². The Bertz CT molecular complexity index is 521. The first kappa shape index (κ1) is 13.2.